The topological polar surface area (TPSA) is 86.7 Å². The third-order valence-corrected chi connectivity index (χ3v) is 7.77. The van der Waals surface area contributed by atoms with Crippen molar-refractivity contribution in [1.29, 1.82) is 0 Å². The largest absolute Gasteiger partial charge is 0.478 e. The summed E-state index contributed by atoms with van der Waals surface area (Å²) in [4.78, 5) is 13.4. The van der Waals surface area contributed by atoms with Crippen LogP contribution in [0.5, 0.6) is 0 Å². The molecule has 0 aliphatic carbocycles. The van der Waals surface area contributed by atoms with E-state index in [4.69, 9.17) is 39.9 Å². The number of halogens is 3. The molecule has 0 amide bonds. The summed E-state index contributed by atoms with van der Waals surface area (Å²) in [6, 6.07) is 19.0. The Hall–Kier alpha value is -2.29. The van der Waals surface area contributed by atoms with Crippen molar-refractivity contribution in [2.24, 2.45) is 5.92 Å². The highest BCUT2D eigenvalue weighted by atomic mass is 35.5. The van der Waals surface area contributed by atoms with Crippen LogP contribution in [-0.4, -0.2) is 43.2 Å². The molecule has 0 unspecified atom stereocenters. The molecule has 4 rings (SSSR count). The van der Waals surface area contributed by atoms with Crippen LogP contribution >= 0.6 is 34.8 Å². The Morgan fingerprint density at radius 1 is 0.912 bits per heavy atom. The quantitative estimate of drug-likeness (QED) is 0.377. The average molecular weight is 540 g/mol. The lowest BCUT2D eigenvalue weighted by Gasteiger charge is -2.44. The first-order valence-corrected chi connectivity index (χ1v) is 13.2. The fraction of sp³-hybridized carbons (Fsp3) is 0.208. The number of carboxylic acid groups (broad SMARTS) is 1. The van der Waals surface area contributed by atoms with Crippen LogP contribution in [0.1, 0.15) is 27.5 Å². The molecule has 1 heterocycles. The van der Waals surface area contributed by atoms with E-state index in [9.17, 15) is 13.2 Å². The summed E-state index contributed by atoms with van der Waals surface area (Å²) in [6.07, 6.45) is 0. The molecule has 1 fully saturated rings. The van der Waals surface area contributed by atoms with Crippen LogP contribution in [0.3, 0.4) is 0 Å². The molecule has 1 aliphatic heterocycles. The predicted molar refractivity (Wildman–Crippen MR) is 136 cm³/mol. The highest BCUT2D eigenvalue weighted by Crippen LogP contribution is 2.36. The molecule has 0 bridgehead atoms. The molecule has 178 valence electrons. The second kappa shape index (κ2) is 10.1. The molecule has 0 aromatic heterocycles. The van der Waals surface area contributed by atoms with Gasteiger partial charge in [-0.3, -0.25) is 9.62 Å². The summed E-state index contributed by atoms with van der Waals surface area (Å²) in [6.45, 7) is 1.15. The van der Waals surface area contributed by atoms with Crippen molar-refractivity contribution in [3.8, 4) is 0 Å². The molecule has 1 saturated heterocycles. The van der Waals surface area contributed by atoms with Crippen LogP contribution in [0.15, 0.2) is 66.7 Å². The Kier molecular flexibility index (Phi) is 7.40. The van der Waals surface area contributed by atoms with Crippen molar-refractivity contribution in [3.63, 3.8) is 0 Å². The summed E-state index contributed by atoms with van der Waals surface area (Å²) in [5.41, 5.74) is 2.13. The molecule has 3 aromatic carbocycles. The monoisotopic (exact) mass is 538 g/mol. The van der Waals surface area contributed by atoms with E-state index in [0.29, 0.717) is 23.1 Å². The number of hydrogen-bond acceptors (Lipinski definition) is 4. The van der Waals surface area contributed by atoms with Crippen molar-refractivity contribution in [3.05, 3.63) is 98.5 Å². The Morgan fingerprint density at radius 2 is 1.44 bits per heavy atom. The number of carboxylic acids is 1. The van der Waals surface area contributed by atoms with Crippen LogP contribution in [0.2, 0.25) is 15.1 Å². The number of benzene rings is 3. The van der Waals surface area contributed by atoms with Gasteiger partial charge in [0, 0.05) is 34.1 Å². The van der Waals surface area contributed by atoms with Gasteiger partial charge in [0.1, 0.15) is 0 Å². The molecule has 0 radical (unpaired) electrons. The fourth-order valence-corrected chi connectivity index (χ4v) is 6.01. The second-order valence-electron chi connectivity index (χ2n) is 8.24. The van der Waals surface area contributed by atoms with Crippen LogP contribution in [0, 0.1) is 5.92 Å². The first-order valence-electron chi connectivity index (χ1n) is 10.4. The number of nitrogens with one attached hydrogen (secondary N) is 1. The molecule has 6 nitrogen and oxygen atoms in total. The highest BCUT2D eigenvalue weighted by Gasteiger charge is 2.36. The molecule has 10 heteroatoms. The van der Waals surface area contributed by atoms with Crippen LogP contribution in [-0.2, 0) is 10.0 Å². The zero-order chi connectivity index (χ0) is 24.5. The summed E-state index contributed by atoms with van der Waals surface area (Å²) in [5, 5.41) is 10.6. The number of hydrogen-bond donors (Lipinski definition) is 2. The van der Waals surface area contributed by atoms with Gasteiger partial charge in [0.2, 0.25) is 10.0 Å². The number of rotatable bonds is 8. The van der Waals surface area contributed by atoms with E-state index in [1.165, 1.54) is 18.2 Å². The first-order chi connectivity index (χ1) is 16.1. The van der Waals surface area contributed by atoms with Crippen molar-refractivity contribution < 1.29 is 18.3 Å². The lowest BCUT2D eigenvalue weighted by Crippen LogP contribution is -2.51. The standard InChI is InChI=1S/C24H21Cl3N2O4S/c25-19-5-1-16(2-6-19)23(17-3-7-20(26)8-4-17)29-12-15(13-29)14-34(32,33)28-22-10-18(24(30)31)9-21(27)11-22/h1-11,15,23,28H,12-14H2,(H,30,31). The summed E-state index contributed by atoms with van der Waals surface area (Å²) >= 11 is 18.1. The van der Waals surface area contributed by atoms with Gasteiger partial charge in [-0.05, 0) is 53.6 Å². The van der Waals surface area contributed by atoms with Crippen LogP contribution in [0.25, 0.3) is 0 Å². The van der Waals surface area contributed by atoms with E-state index < -0.39 is 16.0 Å². The normalized spacial score (nSPS) is 14.7. The smallest absolute Gasteiger partial charge is 0.335 e. The molecule has 2 N–H and O–H groups in total. The number of anilines is 1. The Balaban J connectivity index is 1.46. The van der Waals surface area contributed by atoms with Crippen molar-refractivity contribution in [1.82, 2.24) is 4.90 Å². The van der Waals surface area contributed by atoms with Gasteiger partial charge in [-0.15, -0.1) is 0 Å². The van der Waals surface area contributed by atoms with Crippen LogP contribution in [0.4, 0.5) is 5.69 Å². The van der Waals surface area contributed by atoms with E-state index in [1.54, 1.807) is 0 Å². The zero-order valence-electron chi connectivity index (χ0n) is 17.8. The third-order valence-electron chi connectivity index (χ3n) is 5.60. The molecule has 0 saturated carbocycles. The van der Waals surface area contributed by atoms with Crippen LogP contribution < -0.4 is 4.72 Å². The molecular formula is C24H21Cl3N2O4S. The first kappa shape index (κ1) is 24.8. The second-order valence-corrected chi connectivity index (χ2v) is 11.3. The Bertz CT molecular complexity index is 1250. The van der Waals surface area contributed by atoms with Gasteiger partial charge in [0.05, 0.1) is 23.0 Å². The van der Waals surface area contributed by atoms with E-state index in [1.807, 2.05) is 48.5 Å². The van der Waals surface area contributed by atoms with Crippen molar-refractivity contribution >= 4 is 56.5 Å². The van der Waals surface area contributed by atoms with E-state index in [0.717, 1.165) is 11.1 Å². The lowest BCUT2D eigenvalue weighted by atomic mass is 9.91. The Morgan fingerprint density at radius 3 is 1.94 bits per heavy atom. The van der Waals surface area contributed by atoms with Gasteiger partial charge in [0.25, 0.3) is 0 Å². The van der Waals surface area contributed by atoms with E-state index in [-0.39, 0.29) is 34.0 Å². The van der Waals surface area contributed by atoms with Gasteiger partial charge in [-0.1, -0.05) is 59.1 Å². The van der Waals surface area contributed by atoms with Gasteiger partial charge in [-0.25, -0.2) is 13.2 Å². The van der Waals surface area contributed by atoms with Gasteiger partial charge < -0.3 is 5.11 Å². The van der Waals surface area contributed by atoms with Gasteiger partial charge in [-0.2, -0.15) is 0 Å². The summed E-state index contributed by atoms with van der Waals surface area (Å²) < 4.78 is 27.9. The lowest BCUT2D eigenvalue weighted by molar-refractivity contribution is 0.0697. The fourth-order valence-electron chi connectivity index (χ4n) is 4.13. The SMILES string of the molecule is O=C(O)c1cc(Cl)cc(NS(=O)(=O)CC2CN(C(c3ccc(Cl)cc3)c3ccc(Cl)cc3)C2)c1. The third kappa shape index (κ3) is 6.03. The average Bonchev–Trinajstić information content (AvgIpc) is 2.73. The number of aromatic carboxylic acids is 1. The maximum Gasteiger partial charge on any atom is 0.335 e. The number of carbonyl (C=O) groups is 1. The van der Waals surface area contributed by atoms with Gasteiger partial charge >= 0.3 is 5.97 Å². The summed E-state index contributed by atoms with van der Waals surface area (Å²) in [5.74, 6) is -1.36. The predicted octanol–water partition coefficient (Wildman–Crippen LogP) is 5.81. The van der Waals surface area contributed by atoms with Gasteiger partial charge in [0.15, 0.2) is 0 Å². The van der Waals surface area contributed by atoms with E-state index in [2.05, 4.69) is 9.62 Å². The summed E-state index contributed by atoms with van der Waals surface area (Å²) in [7, 11) is -3.71. The molecule has 34 heavy (non-hydrogen) atoms. The molecule has 1 aliphatic rings. The molecule has 3 aromatic rings. The zero-order valence-corrected chi connectivity index (χ0v) is 20.9. The minimum Gasteiger partial charge on any atom is -0.478 e. The maximum atomic E-state index is 12.7. The number of sulfonamides is 1. The molecule has 0 spiro atoms. The number of nitrogens with zero attached hydrogens (tertiary/aromatic N) is 1. The molecular weight excluding hydrogens is 519 g/mol. The minimum atomic E-state index is -3.71. The molecule has 0 atom stereocenters. The minimum absolute atomic E-state index is 0.0625. The number of likely N-dealkylation sites (tertiary alicyclic amines) is 1. The maximum absolute atomic E-state index is 12.7. The van der Waals surface area contributed by atoms with Crippen molar-refractivity contribution in [2.75, 3.05) is 23.6 Å². The highest BCUT2D eigenvalue weighted by molar-refractivity contribution is 7.92. The van der Waals surface area contributed by atoms with Crippen molar-refractivity contribution in [2.45, 2.75) is 6.04 Å². The van der Waals surface area contributed by atoms with E-state index >= 15 is 0 Å². The Labute approximate surface area is 213 Å².